The third-order valence-electron chi connectivity index (χ3n) is 3.37. The normalized spacial score (nSPS) is 14.9. The zero-order valence-corrected chi connectivity index (χ0v) is 12.7. The first-order valence-electron chi connectivity index (χ1n) is 6.15. The van der Waals surface area contributed by atoms with Crippen LogP contribution in [0.3, 0.4) is 0 Å². The number of nitrogens with two attached hydrogens (primary N) is 1. The fourth-order valence-electron chi connectivity index (χ4n) is 2.12. The maximum atomic E-state index is 5.97. The third-order valence-corrected chi connectivity index (χ3v) is 5.51. The van der Waals surface area contributed by atoms with E-state index in [0.717, 1.165) is 0 Å². The quantitative estimate of drug-likeness (QED) is 0.902. The molecule has 2 aromatic rings. The van der Waals surface area contributed by atoms with E-state index in [4.69, 9.17) is 5.73 Å². The smallest absolute Gasteiger partial charge is 0.0567 e. The van der Waals surface area contributed by atoms with Gasteiger partial charge in [0.05, 0.1) is 6.04 Å². The maximum absolute atomic E-state index is 5.97. The van der Waals surface area contributed by atoms with E-state index in [1.165, 1.54) is 14.6 Å². The first-order valence-corrected chi connectivity index (χ1v) is 7.85. The maximum Gasteiger partial charge on any atom is 0.0567 e. The van der Waals surface area contributed by atoms with Crippen LogP contribution in [0.2, 0.25) is 0 Å². The summed E-state index contributed by atoms with van der Waals surface area (Å²) < 4.78 is 0. The van der Waals surface area contributed by atoms with Gasteiger partial charge in [0.1, 0.15) is 0 Å². The van der Waals surface area contributed by atoms with Gasteiger partial charge in [0.15, 0.2) is 0 Å². The van der Waals surface area contributed by atoms with Crippen molar-refractivity contribution in [3.05, 3.63) is 44.3 Å². The van der Waals surface area contributed by atoms with Gasteiger partial charge < -0.3 is 5.73 Å². The van der Waals surface area contributed by atoms with E-state index in [0.29, 0.717) is 18.6 Å². The second kappa shape index (κ2) is 5.97. The minimum Gasteiger partial charge on any atom is -0.329 e. The lowest BCUT2D eigenvalue weighted by atomic mass is 10.1. The van der Waals surface area contributed by atoms with Gasteiger partial charge in [0, 0.05) is 27.2 Å². The van der Waals surface area contributed by atoms with Crippen molar-refractivity contribution in [1.29, 1.82) is 0 Å². The van der Waals surface area contributed by atoms with E-state index >= 15 is 0 Å². The number of hydrogen-bond donors (Lipinski definition) is 1. The van der Waals surface area contributed by atoms with Crippen LogP contribution in [0.5, 0.6) is 0 Å². The van der Waals surface area contributed by atoms with E-state index in [9.17, 15) is 0 Å². The molecule has 0 fully saturated rings. The van der Waals surface area contributed by atoms with Gasteiger partial charge in [-0.05, 0) is 44.5 Å². The summed E-state index contributed by atoms with van der Waals surface area (Å²) in [5.74, 6) is 0. The van der Waals surface area contributed by atoms with Crippen LogP contribution in [-0.4, -0.2) is 18.5 Å². The first-order chi connectivity index (χ1) is 8.63. The molecule has 2 N–H and O–H groups in total. The van der Waals surface area contributed by atoms with Crippen LogP contribution in [0.25, 0.3) is 0 Å². The number of likely N-dealkylation sites (N-methyl/N-ethyl adjacent to an activating group) is 1. The molecule has 0 radical (unpaired) electrons. The average molecular weight is 280 g/mol. The molecule has 0 aromatic carbocycles. The molecule has 2 heterocycles. The Balaban J connectivity index is 2.17. The van der Waals surface area contributed by atoms with Crippen LogP contribution < -0.4 is 5.73 Å². The summed E-state index contributed by atoms with van der Waals surface area (Å²) in [4.78, 5) is 6.47. The van der Waals surface area contributed by atoms with E-state index < -0.39 is 0 Å². The molecule has 2 unspecified atom stereocenters. The molecular weight excluding hydrogens is 260 g/mol. The van der Waals surface area contributed by atoms with Gasteiger partial charge in [-0.1, -0.05) is 6.07 Å². The topological polar surface area (TPSA) is 29.3 Å². The highest BCUT2D eigenvalue weighted by molar-refractivity contribution is 7.12. The Morgan fingerprint density at radius 3 is 2.56 bits per heavy atom. The van der Waals surface area contributed by atoms with Gasteiger partial charge >= 0.3 is 0 Å². The minimum atomic E-state index is 0.306. The molecule has 2 aromatic heterocycles. The van der Waals surface area contributed by atoms with Crippen LogP contribution in [0, 0.1) is 6.92 Å². The Morgan fingerprint density at radius 1 is 1.28 bits per heavy atom. The van der Waals surface area contributed by atoms with Crippen LogP contribution in [0.4, 0.5) is 0 Å². The van der Waals surface area contributed by atoms with Crippen LogP contribution in [0.1, 0.15) is 33.6 Å². The number of rotatable bonds is 5. The van der Waals surface area contributed by atoms with Crippen molar-refractivity contribution in [2.24, 2.45) is 5.73 Å². The summed E-state index contributed by atoms with van der Waals surface area (Å²) in [6, 6.07) is 9.39. The molecule has 0 saturated heterocycles. The van der Waals surface area contributed by atoms with Crippen molar-refractivity contribution in [2.75, 3.05) is 13.6 Å². The van der Waals surface area contributed by atoms with Crippen molar-refractivity contribution < 1.29 is 0 Å². The van der Waals surface area contributed by atoms with Gasteiger partial charge in [-0.15, -0.1) is 22.7 Å². The van der Waals surface area contributed by atoms with Crippen molar-refractivity contribution in [3.8, 4) is 0 Å². The van der Waals surface area contributed by atoms with Gasteiger partial charge in [-0.2, -0.15) is 0 Å². The lowest BCUT2D eigenvalue weighted by Crippen LogP contribution is -2.31. The lowest BCUT2D eigenvalue weighted by molar-refractivity contribution is 0.195. The fraction of sp³-hybridized carbons (Fsp3) is 0.429. The largest absolute Gasteiger partial charge is 0.329 e. The monoisotopic (exact) mass is 280 g/mol. The second-order valence-corrected chi connectivity index (χ2v) is 6.86. The molecule has 0 amide bonds. The van der Waals surface area contributed by atoms with Crippen molar-refractivity contribution in [3.63, 3.8) is 0 Å². The number of nitrogens with zero attached hydrogens (tertiary/aromatic N) is 1. The number of hydrogen-bond acceptors (Lipinski definition) is 4. The van der Waals surface area contributed by atoms with E-state index in [1.807, 2.05) is 22.7 Å². The average Bonchev–Trinajstić information content (AvgIpc) is 3.00. The summed E-state index contributed by atoms with van der Waals surface area (Å²) in [6.07, 6.45) is 0. The highest BCUT2D eigenvalue weighted by Crippen LogP contribution is 2.33. The summed E-state index contributed by atoms with van der Waals surface area (Å²) in [5.41, 5.74) is 5.97. The lowest BCUT2D eigenvalue weighted by Gasteiger charge is -2.31. The Kier molecular flexibility index (Phi) is 4.56. The second-order valence-electron chi connectivity index (χ2n) is 4.56. The molecule has 4 heteroatoms. The predicted molar refractivity (Wildman–Crippen MR) is 81.3 cm³/mol. The number of aryl methyl sites for hydroxylation is 1. The minimum absolute atomic E-state index is 0.306. The Labute approximate surface area is 117 Å². The van der Waals surface area contributed by atoms with E-state index in [-0.39, 0.29) is 0 Å². The number of thiophene rings is 2. The molecule has 18 heavy (non-hydrogen) atoms. The summed E-state index contributed by atoms with van der Waals surface area (Å²) in [6.45, 7) is 5.05. The Hall–Kier alpha value is -0.680. The molecule has 2 nitrogen and oxygen atoms in total. The third kappa shape index (κ3) is 2.83. The summed E-state index contributed by atoms with van der Waals surface area (Å²) in [7, 11) is 2.16. The summed E-state index contributed by atoms with van der Waals surface area (Å²) >= 11 is 3.65. The van der Waals surface area contributed by atoms with Gasteiger partial charge in [0.25, 0.3) is 0 Å². The summed E-state index contributed by atoms with van der Waals surface area (Å²) in [5, 5.41) is 2.13. The molecule has 0 spiro atoms. The zero-order valence-electron chi connectivity index (χ0n) is 11.1. The fourth-order valence-corrected chi connectivity index (χ4v) is 3.99. The predicted octanol–water partition coefficient (Wildman–Crippen LogP) is 3.81. The van der Waals surface area contributed by atoms with E-state index in [1.54, 1.807) is 0 Å². The SMILES string of the molecule is Cc1ccc(C(CN)N(C)C(C)c2cccs2)s1. The molecule has 0 saturated carbocycles. The van der Waals surface area contributed by atoms with E-state index in [2.05, 4.69) is 55.4 Å². The molecule has 98 valence electrons. The molecule has 2 atom stereocenters. The van der Waals surface area contributed by atoms with Crippen LogP contribution >= 0.6 is 22.7 Å². The van der Waals surface area contributed by atoms with Gasteiger partial charge in [-0.25, -0.2) is 0 Å². The van der Waals surface area contributed by atoms with Gasteiger partial charge in [-0.3, -0.25) is 4.90 Å². The molecular formula is C14H20N2S2. The Bertz CT molecular complexity index is 476. The molecule has 0 aliphatic rings. The molecule has 0 bridgehead atoms. The van der Waals surface area contributed by atoms with Crippen molar-refractivity contribution in [2.45, 2.75) is 25.9 Å². The Morgan fingerprint density at radius 2 is 2.06 bits per heavy atom. The van der Waals surface area contributed by atoms with Crippen LogP contribution in [-0.2, 0) is 0 Å². The van der Waals surface area contributed by atoms with Crippen molar-refractivity contribution >= 4 is 22.7 Å². The molecule has 0 aliphatic heterocycles. The zero-order chi connectivity index (χ0) is 13.1. The first kappa shape index (κ1) is 13.7. The highest BCUT2D eigenvalue weighted by Gasteiger charge is 2.22. The standard InChI is InChI=1S/C14H20N2S2/c1-10-6-7-14(18-10)12(9-15)16(3)11(2)13-5-4-8-17-13/h4-8,11-12H,9,15H2,1-3H3. The van der Waals surface area contributed by atoms with Crippen molar-refractivity contribution in [1.82, 2.24) is 4.90 Å². The molecule has 0 aliphatic carbocycles. The molecule has 2 rings (SSSR count). The van der Waals surface area contributed by atoms with Crippen LogP contribution in [0.15, 0.2) is 29.6 Å². The highest BCUT2D eigenvalue weighted by atomic mass is 32.1. The van der Waals surface area contributed by atoms with Gasteiger partial charge in [0.2, 0.25) is 0 Å².